The molecule has 3 aromatic rings. The summed E-state index contributed by atoms with van der Waals surface area (Å²) in [5.41, 5.74) is 1.33. The molecule has 0 saturated carbocycles. The summed E-state index contributed by atoms with van der Waals surface area (Å²) in [5.74, 6) is 0.629. The van der Waals surface area contributed by atoms with E-state index >= 15 is 0 Å². The lowest BCUT2D eigenvalue weighted by Crippen LogP contribution is -2.33. The van der Waals surface area contributed by atoms with Gasteiger partial charge in [0, 0.05) is 15.8 Å². The number of aliphatic hydroxyl groups is 3. The van der Waals surface area contributed by atoms with Crippen molar-refractivity contribution in [3.05, 3.63) is 52.4 Å². The Morgan fingerprint density at radius 2 is 2.03 bits per heavy atom. The zero-order valence-electron chi connectivity index (χ0n) is 15.5. The van der Waals surface area contributed by atoms with Gasteiger partial charge in [-0.05, 0) is 17.7 Å². The second-order valence-corrected chi connectivity index (χ2v) is 8.47. The fourth-order valence-electron chi connectivity index (χ4n) is 3.16. The molecule has 1 fully saturated rings. The summed E-state index contributed by atoms with van der Waals surface area (Å²) in [6.07, 6.45) is 2.59. The van der Waals surface area contributed by atoms with Crippen LogP contribution in [0.4, 0.5) is 0 Å². The van der Waals surface area contributed by atoms with Gasteiger partial charge in [0.2, 0.25) is 0 Å². The monoisotopic (exact) mass is 468 g/mol. The first-order valence-electron chi connectivity index (χ1n) is 9.04. The number of ether oxygens (including phenoxy) is 1. The van der Waals surface area contributed by atoms with E-state index in [0.29, 0.717) is 31.9 Å². The van der Waals surface area contributed by atoms with Crippen LogP contribution >= 0.6 is 35.0 Å². The van der Waals surface area contributed by atoms with Crippen LogP contribution < -0.4 is 0 Å². The maximum absolute atomic E-state index is 10.3. The number of benzene rings is 1. The summed E-state index contributed by atoms with van der Waals surface area (Å²) in [4.78, 5) is 8.56. The SMILES string of the molecule is OC[C@H]1OC(n2ncc3c(SC/C=C/c4ccc(Cl)cc4Cl)ncnc32)[C@H](O)[C@@H]1O. The van der Waals surface area contributed by atoms with Crippen LogP contribution in [0.2, 0.25) is 10.0 Å². The number of nitrogens with zero attached hydrogens (tertiary/aromatic N) is 4. The van der Waals surface area contributed by atoms with Gasteiger partial charge in [-0.2, -0.15) is 5.10 Å². The predicted octanol–water partition coefficient (Wildman–Crippen LogP) is 2.55. The summed E-state index contributed by atoms with van der Waals surface area (Å²) >= 11 is 13.6. The number of hydrogen-bond acceptors (Lipinski definition) is 8. The van der Waals surface area contributed by atoms with E-state index in [2.05, 4.69) is 15.1 Å². The zero-order valence-corrected chi connectivity index (χ0v) is 17.8. The van der Waals surface area contributed by atoms with Crippen LogP contribution in [0.1, 0.15) is 11.8 Å². The smallest absolute Gasteiger partial charge is 0.181 e. The van der Waals surface area contributed by atoms with Crippen LogP contribution in [0.5, 0.6) is 0 Å². The third-order valence-electron chi connectivity index (χ3n) is 4.69. The van der Waals surface area contributed by atoms with E-state index in [9.17, 15) is 15.3 Å². The van der Waals surface area contributed by atoms with E-state index in [4.69, 9.17) is 27.9 Å². The van der Waals surface area contributed by atoms with E-state index in [1.54, 1.807) is 18.3 Å². The molecule has 11 heteroatoms. The molecular formula is C19H18Cl2N4O4S. The van der Waals surface area contributed by atoms with Crippen LogP contribution in [-0.4, -0.2) is 65.7 Å². The predicted molar refractivity (Wildman–Crippen MR) is 115 cm³/mol. The second-order valence-electron chi connectivity index (χ2n) is 6.61. The minimum absolute atomic E-state index is 0.409. The van der Waals surface area contributed by atoms with Crippen LogP contribution in [0.15, 0.2) is 41.8 Å². The van der Waals surface area contributed by atoms with E-state index < -0.39 is 31.1 Å². The van der Waals surface area contributed by atoms with Crippen molar-refractivity contribution in [3.63, 3.8) is 0 Å². The first kappa shape index (κ1) is 21.5. The summed E-state index contributed by atoms with van der Waals surface area (Å²) in [6.45, 7) is -0.409. The number of halogens is 2. The highest BCUT2D eigenvalue weighted by Crippen LogP contribution is 2.32. The highest BCUT2D eigenvalue weighted by Gasteiger charge is 2.44. The van der Waals surface area contributed by atoms with Crippen LogP contribution in [-0.2, 0) is 4.74 Å². The maximum Gasteiger partial charge on any atom is 0.181 e. The van der Waals surface area contributed by atoms with Crippen molar-refractivity contribution in [2.24, 2.45) is 0 Å². The summed E-state index contributed by atoms with van der Waals surface area (Å²) in [7, 11) is 0. The van der Waals surface area contributed by atoms with Crippen LogP contribution in [0.3, 0.4) is 0 Å². The molecule has 3 N–H and O–H groups in total. The number of thioether (sulfide) groups is 1. The van der Waals surface area contributed by atoms with Crippen LogP contribution in [0, 0.1) is 0 Å². The Morgan fingerprint density at radius 1 is 1.20 bits per heavy atom. The quantitative estimate of drug-likeness (QED) is 0.373. The van der Waals surface area contributed by atoms with Gasteiger partial charge in [-0.15, -0.1) is 11.8 Å². The molecule has 4 rings (SSSR count). The molecule has 158 valence electrons. The van der Waals surface area contributed by atoms with Gasteiger partial charge in [-0.1, -0.05) is 41.4 Å². The Bertz CT molecular complexity index is 1080. The lowest BCUT2D eigenvalue weighted by molar-refractivity contribution is -0.0566. The highest BCUT2D eigenvalue weighted by molar-refractivity contribution is 7.99. The lowest BCUT2D eigenvalue weighted by atomic mass is 10.1. The average Bonchev–Trinajstić information content (AvgIpc) is 3.28. The fourth-order valence-corrected chi connectivity index (χ4v) is 4.41. The molecule has 0 bridgehead atoms. The van der Waals surface area contributed by atoms with Crippen molar-refractivity contribution in [1.82, 2.24) is 19.7 Å². The molecule has 3 heterocycles. The summed E-state index contributed by atoms with van der Waals surface area (Å²) in [6, 6.07) is 5.32. The third-order valence-corrected chi connectivity index (χ3v) is 6.21. The first-order valence-corrected chi connectivity index (χ1v) is 10.8. The number of rotatable bonds is 6. The normalized spacial score (nSPS) is 24.3. The molecule has 4 atom stereocenters. The standard InChI is InChI=1S/C19H18Cl2N4O4S/c20-11-4-3-10(13(21)6-11)2-1-5-30-18-12-7-24-25(17(12)22-9-23-18)19-16(28)15(27)14(8-26)29-19/h1-4,6-7,9,14-16,19,26-28H,5,8H2/b2-1+/t14-,15-,16-,19?/m1/s1. The van der Waals surface area contributed by atoms with Crippen molar-refractivity contribution < 1.29 is 20.1 Å². The molecule has 1 unspecified atom stereocenters. The third kappa shape index (κ3) is 4.19. The van der Waals surface area contributed by atoms with Gasteiger partial charge in [0.05, 0.1) is 18.2 Å². The lowest BCUT2D eigenvalue weighted by Gasteiger charge is -2.15. The molecule has 30 heavy (non-hydrogen) atoms. The Kier molecular flexibility index (Phi) is 6.59. The Labute approximate surface area is 186 Å². The molecule has 1 aliphatic heterocycles. The molecule has 0 spiro atoms. The zero-order chi connectivity index (χ0) is 21.3. The molecule has 0 radical (unpaired) electrons. The first-order chi connectivity index (χ1) is 14.5. The summed E-state index contributed by atoms with van der Waals surface area (Å²) in [5, 5.41) is 36.4. The molecule has 1 aliphatic rings. The van der Waals surface area contributed by atoms with Gasteiger partial charge < -0.3 is 20.1 Å². The average molecular weight is 469 g/mol. The van der Waals surface area contributed by atoms with E-state index in [-0.39, 0.29) is 0 Å². The molecule has 1 saturated heterocycles. The Balaban J connectivity index is 1.50. The number of aromatic nitrogens is 4. The van der Waals surface area contributed by atoms with Gasteiger partial charge in [0.25, 0.3) is 0 Å². The molecule has 0 aliphatic carbocycles. The molecule has 2 aromatic heterocycles. The molecule has 1 aromatic carbocycles. The van der Waals surface area contributed by atoms with Gasteiger partial charge in [0.1, 0.15) is 29.7 Å². The largest absolute Gasteiger partial charge is 0.394 e. The van der Waals surface area contributed by atoms with Crippen molar-refractivity contribution in [1.29, 1.82) is 0 Å². The second kappa shape index (κ2) is 9.19. The van der Waals surface area contributed by atoms with Crippen molar-refractivity contribution >= 4 is 52.1 Å². The van der Waals surface area contributed by atoms with Gasteiger partial charge in [-0.3, -0.25) is 0 Å². The molecular weight excluding hydrogens is 451 g/mol. The number of aliphatic hydroxyl groups excluding tert-OH is 3. The van der Waals surface area contributed by atoms with E-state index in [1.165, 1.54) is 22.8 Å². The van der Waals surface area contributed by atoms with E-state index in [0.717, 1.165) is 5.56 Å². The van der Waals surface area contributed by atoms with Gasteiger partial charge in [0.15, 0.2) is 11.9 Å². The molecule has 0 amide bonds. The topological polar surface area (TPSA) is 114 Å². The fraction of sp³-hybridized carbons (Fsp3) is 0.316. The van der Waals surface area contributed by atoms with E-state index in [1.807, 2.05) is 18.2 Å². The Hall–Kier alpha value is -1.72. The van der Waals surface area contributed by atoms with Crippen molar-refractivity contribution in [3.8, 4) is 0 Å². The van der Waals surface area contributed by atoms with Crippen molar-refractivity contribution in [2.45, 2.75) is 29.6 Å². The van der Waals surface area contributed by atoms with Crippen LogP contribution in [0.25, 0.3) is 17.1 Å². The van der Waals surface area contributed by atoms with Gasteiger partial charge >= 0.3 is 0 Å². The molecule has 8 nitrogen and oxygen atoms in total. The minimum atomic E-state index is -1.23. The number of fused-ring (bicyclic) bond motifs is 1. The minimum Gasteiger partial charge on any atom is -0.394 e. The van der Waals surface area contributed by atoms with Gasteiger partial charge in [-0.25, -0.2) is 14.6 Å². The summed E-state index contributed by atoms with van der Waals surface area (Å²) < 4.78 is 6.94. The number of hydrogen-bond donors (Lipinski definition) is 3. The maximum atomic E-state index is 10.3. The highest BCUT2D eigenvalue weighted by atomic mass is 35.5. The van der Waals surface area contributed by atoms with Crippen molar-refractivity contribution in [2.75, 3.05) is 12.4 Å². The Morgan fingerprint density at radius 3 is 2.77 bits per heavy atom.